The lowest BCUT2D eigenvalue weighted by molar-refractivity contribution is -0.383. The molecular weight excluding hydrogens is 290 g/mol. The molecule has 2 atom stereocenters. The van der Waals surface area contributed by atoms with Gasteiger partial charge >= 0.3 is 5.97 Å². The van der Waals surface area contributed by atoms with Crippen molar-refractivity contribution in [3.05, 3.63) is 34.4 Å². The second-order valence-corrected chi connectivity index (χ2v) is 4.90. The summed E-state index contributed by atoms with van der Waals surface area (Å²) in [4.78, 5) is 33.2. The van der Waals surface area contributed by atoms with Crippen LogP contribution in [-0.4, -0.2) is 34.5 Å². The number of carboxylic acid groups (broad SMARTS) is 1. The van der Waals surface area contributed by atoms with Crippen molar-refractivity contribution in [2.45, 2.75) is 26.3 Å². The molecule has 0 spiro atoms. The highest BCUT2D eigenvalue weighted by atomic mass is 16.6. The number of nitro benzene ring substituents is 1. The Morgan fingerprint density at radius 1 is 1.36 bits per heavy atom. The fraction of sp³-hybridized carbons (Fsp3) is 0.429. The molecule has 120 valence electrons. The Morgan fingerprint density at radius 3 is 2.55 bits per heavy atom. The summed E-state index contributed by atoms with van der Waals surface area (Å²) in [6, 6.07) is 4.94. The van der Waals surface area contributed by atoms with E-state index in [0.29, 0.717) is 6.42 Å². The van der Waals surface area contributed by atoms with Gasteiger partial charge in [-0.2, -0.15) is 0 Å². The molecule has 0 saturated heterocycles. The number of para-hydroxylation sites is 2. The summed E-state index contributed by atoms with van der Waals surface area (Å²) in [6.45, 7) is 3.32. The Labute approximate surface area is 127 Å². The van der Waals surface area contributed by atoms with Crippen molar-refractivity contribution in [1.29, 1.82) is 0 Å². The lowest BCUT2D eigenvalue weighted by Crippen LogP contribution is -2.46. The summed E-state index contributed by atoms with van der Waals surface area (Å²) in [5.41, 5.74) is 0.0603. The van der Waals surface area contributed by atoms with Crippen molar-refractivity contribution in [3.8, 4) is 0 Å². The summed E-state index contributed by atoms with van der Waals surface area (Å²) >= 11 is 0. The standard InChI is InChI=1S/C14H19N3O5/c1-3-9(2)13(14(19)20)16-12(18)8-15-10-6-4-5-7-11(10)17(21)22/h4-7,9,13,15H,3,8H2,1-2H3,(H,16,18)(H,19,20). The monoisotopic (exact) mass is 309 g/mol. The summed E-state index contributed by atoms with van der Waals surface area (Å²) < 4.78 is 0. The van der Waals surface area contributed by atoms with Gasteiger partial charge in [0.1, 0.15) is 11.7 Å². The largest absolute Gasteiger partial charge is 0.480 e. The van der Waals surface area contributed by atoms with Crippen LogP contribution in [-0.2, 0) is 9.59 Å². The van der Waals surface area contributed by atoms with E-state index in [4.69, 9.17) is 5.11 Å². The fourth-order valence-electron chi connectivity index (χ4n) is 1.87. The maximum atomic E-state index is 11.8. The van der Waals surface area contributed by atoms with Gasteiger partial charge in [0.2, 0.25) is 5.91 Å². The number of nitrogens with one attached hydrogen (secondary N) is 2. The SMILES string of the molecule is CCC(C)C(NC(=O)CNc1ccccc1[N+](=O)[O-])C(=O)O. The van der Waals surface area contributed by atoms with Gasteiger partial charge < -0.3 is 15.7 Å². The van der Waals surface area contributed by atoms with E-state index in [-0.39, 0.29) is 23.8 Å². The van der Waals surface area contributed by atoms with Gasteiger partial charge in [-0.05, 0) is 12.0 Å². The van der Waals surface area contributed by atoms with E-state index in [1.807, 2.05) is 6.92 Å². The Bertz CT molecular complexity index is 561. The third kappa shape index (κ3) is 4.72. The molecule has 0 saturated carbocycles. The second kappa shape index (κ2) is 7.96. The maximum Gasteiger partial charge on any atom is 0.326 e. The van der Waals surface area contributed by atoms with Crippen molar-refractivity contribution in [3.63, 3.8) is 0 Å². The molecular formula is C14H19N3O5. The average molecular weight is 309 g/mol. The molecule has 2 unspecified atom stereocenters. The van der Waals surface area contributed by atoms with Crippen molar-refractivity contribution >= 4 is 23.3 Å². The van der Waals surface area contributed by atoms with Gasteiger partial charge in [-0.1, -0.05) is 32.4 Å². The summed E-state index contributed by atoms with van der Waals surface area (Å²) in [7, 11) is 0. The molecule has 0 aliphatic heterocycles. The summed E-state index contributed by atoms with van der Waals surface area (Å²) in [6.07, 6.45) is 0.606. The minimum atomic E-state index is -1.10. The Morgan fingerprint density at radius 2 is 2.00 bits per heavy atom. The summed E-state index contributed by atoms with van der Waals surface area (Å²) in [5.74, 6) is -1.85. The highest BCUT2D eigenvalue weighted by molar-refractivity contribution is 5.86. The van der Waals surface area contributed by atoms with Gasteiger partial charge in [0.15, 0.2) is 0 Å². The molecule has 8 heteroatoms. The Balaban J connectivity index is 2.67. The third-order valence-electron chi connectivity index (χ3n) is 3.34. The molecule has 22 heavy (non-hydrogen) atoms. The molecule has 1 rings (SSSR count). The highest BCUT2D eigenvalue weighted by Gasteiger charge is 2.25. The number of carbonyl (C=O) groups excluding carboxylic acids is 1. The molecule has 0 fully saturated rings. The first kappa shape index (κ1) is 17.4. The zero-order valence-electron chi connectivity index (χ0n) is 12.4. The normalized spacial score (nSPS) is 13.0. The number of aliphatic carboxylic acids is 1. The lowest BCUT2D eigenvalue weighted by Gasteiger charge is -2.20. The van der Waals surface area contributed by atoms with Crippen molar-refractivity contribution in [2.75, 3.05) is 11.9 Å². The first-order valence-corrected chi connectivity index (χ1v) is 6.86. The minimum absolute atomic E-state index is 0.146. The second-order valence-electron chi connectivity index (χ2n) is 4.90. The Kier molecular flexibility index (Phi) is 6.30. The van der Waals surface area contributed by atoms with Gasteiger partial charge in [0, 0.05) is 6.07 Å². The van der Waals surface area contributed by atoms with Crippen LogP contribution < -0.4 is 10.6 Å². The van der Waals surface area contributed by atoms with Crippen LogP contribution in [0.4, 0.5) is 11.4 Å². The number of hydrogen-bond acceptors (Lipinski definition) is 5. The number of carbonyl (C=O) groups is 2. The molecule has 1 aromatic carbocycles. The lowest BCUT2D eigenvalue weighted by atomic mass is 9.99. The first-order valence-electron chi connectivity index (χ1n) is 6.86. The van der Waals surface area contributed by atoms with Crippen LogP contribution in [0.25, 0.3) is 0 Å². The molecule has 8 nitrogen and oxygen atoms in total. The molecule has 0 radical (unpaired) electrons. The number of nitro groups is 1. The predicted octanol–water partition coefficient (Wildman–Crippen LogP) is 1.62. The van der Waals surface area contributed by atoms with E-state index in [2.05, 4.69) is 10.6 Å². The zero-order chi connectivity index (χ0) is 16.7. The average Bonchev–Trinajstić information content (AvgIpc) is 2.49. The third-order valence-corrected chi connectivity index (χ3v) is 3.34. The molecule has 1 amide bonds. The molecule has 0 heterocycles. The predicted molar refractivity (Wildman–Crippen MR) is 80.6 cm³/mol. The summed E-state index contributed by atoms with van der Waals surface area (Å²) in [5, 5.41) is 25.0. The topological polar surface area (TPSA) is 122 Å². The number of hydrogen-bond donors (Lipinski definition) is 3. The first-order chi connectivity index (χ1) is 10.4. The smallest absolute Gasteiger partial charge is 0.326 e. The molecule has 0 aliphatic rings. The van der Waals surface area contributed by atoms with Crippen LogP contribution in [0.5, 0.6) is 0 Å². The van der Waals surface area contributed by atoms with E-state index in [9.17, 15) is 19.7 Å². The van der Waals surface area contributed by atoms with Crippen LogP contribution in [0, 0.1) is 16.0 Å². The van der Waals surface area contributed by atoms with E-state index < -0.39 is 22.8 Å². The number of nitrogens with zero attached hydrogens (tertiary/aromatic N) is 1. The van der Waals surface area contributed by atoms with Crippen LogP contribution in [0.3, 0.4) is 0 Å². The number of amides is 1. The van der Waals surface area contributed by atoms with Crippen LogP contribution in [0.1, 0.15) is 20.3 Å². The maximum absolute atomic E-state index is 11.8. The Hall–Kier alpha value is -2.64. The number of rotatable bonds is 8. The number of carboxylic acids is 1. The van der Waals surface area contributed by atoms with Gasteiger partial charge in [-0.3, -0.25) is 14.9 Å². The molecule has 3 N–H and O–H groups in total. The van der Waals surface area contributed by atoms with E-state index in [1.165, 1.54) is 18.2 Å². The van der Waals surface area contributed by atoms with E-state index in [1.54, 1.807) is 13.0 Å². The van der Waals surface area contributed by atoms with Crippen molar-refractivity contribution in [1.82, 2.24) is 5.32 Å². The van der Waals surface area contributed by atoms with Crippen LogP contribution >= 0.6 is 0 Å². The van der Waals surface area contributed by atoms with Gasteiger partial charge in [-0.25, -0.2) is 4.79 Å². The van der Waals surface area contributed by atoms with E-state index in [0.717, 1.165) is 0 Å². The highest BCUT2D eigenvalue weighted by Crippen LogP contribution is 2.22. The van der Waals surface area contributed by atoms with Gasteiger partial charge in [-0.15, -0.1) is 0 Å². The van der Waals surface area contributed by atoms with Crippen LogP contribution in [0.2, 0.25) is 0 Å². The fourth-order valence-corrected chi connectivity index (χ4v) is 1.87. The minimum Gasteiger partial charge on any atom is -0.480 e. The van der Waals surface area contributed by atoms with Gasteiger partial charge in [0.25, 0.3) is 5.69 Å². The molecule has 1 aromatic rings. The zero-order valence-corrected chi connectivity index (χ0v) is 12.4. The van der Waals surface area contributed by atoms with Crippen molar-refractivity contribution < 1.29 is 19.6 Å². The quantitative estimate of drug-likeness (QED) is 0.495. The molecule has 0 aromatic heterocycles. The van der Waals surface area contributed by atoms with Crippen molar-refractivity contribution in [2.24, 2.45) is 5.92 Å². The van der Waals surface area contributed by atoms with Crippen LogP contribution in [0.15, 0.2) is 24.3 Å². The number of benzene rings is 1. The number of anilines is 1. The van der Waals surface area contributed by atoms with Gasteiger partial charge in [0.05, 0.1) is 11.5 Å². The van der Waals surface area contributed by atoms with E-state index >= 15 is 0 Å². The molecule has 0 bridgehead atoms. The molecule has 0 aliphatic carbocycles.